The fourth-order valence-electron chi connectivity index (χ4n) is 2.06. The number of esters is 1. The first-order valence-electron chi connectivity index (χ1n) is 6.56. The topological polar surface area (TPSA) is 113 Å². The van der Waals surface area contributed by atoms with E-state index < -0.39 is 5.97 Å². The minimum absolute atomic E-state index is 0.0356. The maximum absolute atomic E-state index is 11.9. The third kappa shape index (κ3) is 2.87. The summed E-state index contributed by atoms with van der Waals surface area (Å²) in [6.45, 7) is 0.482. The zero-order valence-corrected chi connectivity index (χ0v) is 12.0. The number of aliphatic hydroxyl groups is 1. The number of benzene rings is 1. The monoisotopic (exact) mass is 300 g/mol. The maximum Gasteiger partial charge on any atom is 0.357 e. The molecule has 0 aliphatic rings. The van der Waals surface area contributed by atoms with Crippen molar-refractivity contribution in [2.45, 2.75) is 0 Å². The minimum Gasteiger partial charge on any atom is -0.464 e. The molecule has 0 spiro atoms. The molecule has 1 aromatic carbocycles. The Hall–Kier alpha value is -2.98. The van der Waals surface area contributed by atoms with Crippen LogP contribution in [0.5, 0.6) is 0 Å². The Bertz CT molecular complexity index is 714. The number of ether oxygens (including phenoxy) is 1. The Morgan fingerprint density at radius 3 is 2.68 bits per heavy atom. The van der Waals surface area contributed by atoms with Crippen molar-refractivity contribution in [3.8, 4) is 11.8 Å². The van der Waals surface area contributed by atoms with E-state index in [1.165, 1.54) is 17.9 Å². The van der Waals surface area contributed by atoms with Crippen molar-refractivity contribution in [2.24, 2.45) is 0 Å². The average molecular weight is 300 g/mol. The summed E-state index contributed by atoms with van der Waals surface area (Å²) in [5.74, 6) is -0.610. The van der Waals surface area contributed by atoms with Crippen molar-refractivity contribution in [1.82, 2.24) is 4.57 Å². The number of nitrogens with two attached hydrogens (primary N) is 1. The molecule has 0 saturated carbocycles. The smallest absolute Gasteiger partial charge is 0.357 e. The molecule has 0 unspecified atom stereocenters. The molecule has 0 radical (unpaired) electrons. The van der Waals surface area contributed by atoms with Gasteiger partial charge in [-0.3, -0.25) is 0 Å². The lowest BCUT2D eigenvalue weighted by Gasteiger charge is -2.10. The number of carbonyl (C=O) groups excluding carboxylic acids is 1. The normalized spacial score (nSPS) is 10.0. The van der Waals surface area contributed by atoms with Crippen LogP contribution in [-0.4, -0.2) is 35.9 Å². The van der Waals surface area contributed by atoms with Gasteiger partial charge in [-0.15, -0.1) is 0 Å². The second-order valence-corrected chi connectivity index (χ2v) is 4.48. The Balaban J connectivity index is 2.44. The van der Waals surface area contributed by atoms with E-state index in [2.05, 4.69) is 5.32 Å². The number of carbonyl (C=O) groups is 1. The predicted octanol–water partition coefficient (Wildman–Crippen LogP) is 1.12. The van der Waals surface area contributed by atoms with Crippen molar-refractivity contribution in [3.05, 3.63) is 41.7 Å². The van der Waals surface area contributed by atoms with Crippen LogP contribution in [0, 0.1) is 11.3 Å². The molecule has 0 aliphatic carbocycles. The molecule has 0 saturated heterocycles. The van der Waals surface area contributed by atoms with Crippen LogP contribution >= 0.6 is 0 Å². The maximum atomic E-state index is 11.9. The SMILES string of the molecule is COC(=O)c1c(N)c(C#N)cn1-c1ccc(NCCO)cc1. The number of hydrogen-bond acceptors (Lipinski definition) is 6. The molecule has 4 N–H and O–H groups in total. The van der Waals surface area contributed by atoms with Gasteiger partial charge in [-0.25, -0.2) is 4.79 Å². The van der Waals surface area contributed by atoms with Gasteiger partial charge in [0.05, 0.1) is 25.0 Å². The minimum atomic E-state index is -0.610. The van der Waals surface area contributed by atoms with E-state index in [-0.39, 0.29) is 23.6 Å². The van der Waals surface area contributed by atoms with Crippen molar-refractivity contribution < 1.29 is 14.6 Å². The highest BCUT2D eigenvalue weighted by Gasteiger charge is 2.21. The number of rotatable bonds is 5. The first-order chi connectivity index (χ1) is 10.6. The van der Waals surface area contributed by atoms with E-state index in [9.17, 15) is 4.79 Å². The number of anilines is 2. The van der Waals surface area contributed by atoms with E-state index >= 15 is 0 Å². The number of hydrogen-bond donors (Lipinski definition) is 3. The number of nitrogens with zero attached hydrogens (tertiary/aromatic N) is 2. The van der Waals surface area contributed by atoms with Gasteiger partial charge >= 0.3 is 5.97 Å². The van der Waals surface area contributed by atoms with Gasteiger partial charge in [0.2, 0.25) is 0 Å². The van der Waals surface area contributed by atoms with E-state index in [1.54, 1.807) is 24.3 Å². The van der Waals surface area contributed by atoms with Crippen LogP contribution in [0.3, 0.4) is 0 Å². The third-order valence-corrected chi connectivity index (χ3v) is 3.13. The van der Waals surface area contributed by atoms with Crippen LogP contribution in [0.1, 0.15) is 16.1 Å². The highest BCUT2D eigenvalue weighted by molar-refractivity contribution is 5.95. The summed E-state index contributed by atoms with van der Waals surface area (Å²) in [4.78, 5) is 11.9. The summed E-state index contributed by atoms with van der Waals surface area (Å²) in [6.07, 6.45) is 1.50. The number of nitriles is 1. The van der Waals surface area contributed by atoms with Gasteiger partial charge < -0.3 is 25.5 Å². The zero-order valence-electron chi connectivity index (χ0n) is 12.0. The standard InChI is InChI=1S/C15H16N4O3/c1-22-15(21)14-13(17)10(8-16)9-19(14)12-4-2-11(3-5-12)18-6-7-20/h2-5,9,18,20H,6-7,17H2,1H3. The first-order valence-corrected chi connectivity index (χ1v) is 6.56. The molecule has 2 rings (SSSR count). The van der Waals surface area contributed by atoms with Crippen LogP contribution in [0.25, 0.3) is 5.69 Å². The van der Waals surface area contributed by atoms with Crippen molar-refractivity contribution in [3.63, 3.8) is 0 Å². The number of nitrogen functional groups attached to an aromatic ring is 1. The lowest BCUT2D eigenvalue weighted by atomic mass is 10.2. The van der Waals surface area contributed by atoms with Crippen molar-refractivity contribution in [1.29, 1.82) is 5.26 Å². The molecule has 1 heterocycles. The Labute approximate surface area is 127 Å². The fraction of sp³-hybridized carbons (Fsp3) is 0.200. The number of nitrogens with one attached hydrogen (secondary N) is 1. The highest BCUT2D eigenvalue weighted by Crippen LogP contribution is 2.25. The molecular weight excluding hydrogens is 284 g/mol. The van der Waals surface area contributed by atoms with Crippen LogP contribution in [0.2, 0.25) is 0 Å². The Morgan fingerprint density at radius 2 is 2.14 bits per heavy atom. The number of methoxy groups -OCH3 is 1. The van der Waals surface area contributed by atoms with E-state index in [0.29, 0.717) is 12.2 Å². The van der Waals surface area contributed by atoms with Gasteiger partial charge in [0, 0.05) is 24.1 Å². The summed E-state index contributed by atoms with van der Waals surface area (Å²) in [6, 6.07) is 9.09. The van der Waals surface area contributed by atoms with E-state index in [0.717, 1.165) is 5.69 Å². The van der Waals surface area contributed by atoms with Crippen LogP contribution in [0.15, 0.2) is 30.5 Å². The lowest BCUT2D eigenvalue weighted by molar-refractivity contribution is 0.0593. The fourth-order valence-corrected chi connectivity index (χ4v) is 2.06. The van der Waals surface area contributed by atoms with Gasteiger partial charge in [0.25, 0.3) is 0 Å². The number of aromatic nitrogens is 1. The van der Waals surface area contributed by atoms with Crippen molar-refractivity contribution in [2.75, 3.05) is 31.3 Å². The van der Waals surface area contributed by atoms with Crippen LogP contribution < -0.4 is 11.1 Å². The van der Waals surface area contributed by atoms with E-state index in [1.807, 2.05) is 6.07 Å². The summed E-state index contributed by atoms with van der Waals surface area (Å²) < 4.78 is 6.25. The zero-order chi connectivity index (χ0) is 16.1. The van der Waals surface area contributed by atoms with Gasteiger partial charge in [-0.05, 0) is 24.3 Å². The molecule has 0 bridgehead atoms. The average Bonchev–Trinajstić information content (AvgIpc) is 2.89. The molecule has 1 aromatic heterocycles. The molecular formula is C15H16N4O3. The molecule has 0 fully saturated rings. The number of aliphatic hydroxyl groups excluding tert-OH is 1. The summed E-state index contributed by atoms with van der Waals surface area (Å²) >= 11 is 0. The summed E-state index contributed by atoms with van der Waals surface area (Å²) in [5, 5.41) is 20.9. The summed E-state index contributed by atoms with van der Waals surface area (Å²) in [5.41, 5.74) is 7.77. The lowest BCUT2D eigenvalue weighted by Crippen LogP contribution is -2.11. The van der Waals surface area contributed by atoms with Crippen LogP contribution in [0.4, 0.5) is 11.4 Å². The highest BCUT2D eigenvalue weighted by atomic mass is 16.5. The molecule has 2 aromatic rings. The largest absolute Gasteiger partial charge is 0.464 e. The molecule has 7 nitrogen and oxygen atoms in total. The third-order valence-electron chi connectivity index (χ3n) is 3.13. The molecule has 0 amide bonds. The first kappa shape index (κ1) is 15.4. The predicted molar refractivity (Wildman–Crippen MR) is 81.8 cm³/mol. The van der Waals surface area contributed by atoms with Crippen LogP contribution in [-0.2, 0) is 4.74 Å². The van der Waals surface area contributed by atoms with Gasteiger partial charge in [-0.1, -0.05) is 0 Å². The second-order valence-electron chi connectivity index (χ2n) is 4.48. The molecule has 0 atom stereocenters. The van der Waals surface area contributed by atoms with Gasteiger partial charge in [-0.2, -0.15) is 5.26 Å². The second kappa shape index (κ2) is 6.65. The summed E-state index contributed by atoms with van der Waals surface area (Å²) in [7, 11) is 1.26. The quantitative estimate of drug-likeness (QED) is 0.713. The molecule has 0 aliphatic heterocycles. The van der Waals surface area contributed by atoms with E-state index in [4.69, 9.17) is 20.8 Å². The Kier molecular flexibility index (Phi) is 4.66. The molecule has 114 valence electrons. The van der Waals surface area contributed by atoms with Gasteiger partial charge in [0.15, 0.2) is 5.69 Å². The molecule has 7 heteroatoms. The van der Waals surface area contributed by atoms with Gasteiger partial charge in [0.1, 0.15) is 6.07 Å². The van der Waals surface area contributed by atoms with Crippen molar-refractivity contribution >= 4 is 17.3 Å². The Morgan fingerprint density at radius 1 is 1.45 bits per heavy atom. The molecule has 22 heavy (non-hydrogen) atoms.